The topological polar surface area (TPSA) is 52.0 Å². The zero-order valence-electron chi connectivity index (χ0n) is 17.5. The SMILES string of the molecule is C[C@H]1CCc2sc3nc(SCC(=O)c4ccc(Br)cc4)n(-c4ccccc4)c(=O)c3c2C1. The molecule has 5 rings (SSSR count). The molecule has 0 spiro atoms. The fourth-order valence-corrected chi connectivity index (χ4v) is 6.56. The number of ketones is 1. The number of carbonyl (C=O) groups excluding carboxylic acids is 1. The normalized spacial score (nSPS) is 15.6. The van der Waals surface area contributed by atoms with Gasteiger partial charge in [-0.25, -0.2) is 4.98 Å². The van der Waals surface area contributed by atoms with Gasteiger partial charge < -0.3 is 0 Å². The second-order valence-electron chi connectivity index (χ2n) is 8.12. The highest BCUT2D eigenvalue weighted by Gasteiger charge is 2.25. The number of rotatable bonds is 5. The molecule has 0 fully saturated rings. The van der Waals surface area contributed by atoms with Gasteiger partial charge in [-0.2, -0.15) is 0 Å². The van der Waals surface area contributed by atoms with Crippen molar-refractivity contribution in [1.82, 2.24) is 9.55 Å². The summed E-state index contributed by atoms with van der Waals surface area (Å²) in [6, 6.07) is 16.9. The third kappa shape index (κ3) is 4.09. The standard InChI is InChI=1S/C25H21BrN2O2S2/c1-15-7-12-21-19(13-15)22-23(32-21)27-25(28(24(22)30)18-5-3-2-4-6-18)31-14-20(29)16-8-10-17(26)11-9-16/h2-6,8-11,15H,7,12-14H2,1H3/t15-/m0/s1. The van der Waals surface area contributed by atoms with Crippen LogP contribution < -0.4 is 5.56 Å². The van der Waals surface area contributed by atoms with Crippen LogP contribution in [0, 0.1) is 5.92 Å². The molecule has 1 atom stereocenters. The third-order valence-electron chi connectivity index (χ3n) is 5.81. The summed E-state index contributed by atoms with van der Waals surface area (Å²) in [4.78, 5) is 33.5. The van der Waals surface area contributed by atoms with Crippen molar-refractivity contribution in [3.05, 3.63) is 85.4 Å². The van der Waals surface area contributed by atoms with E-state index in [1.165, 1.54) is 22.2 Å². The molecular weight excluding hydrogens is 504 g/mol. The lowest BCUT2D eigenvalue weighted by molar-refractivity contribution is 0.102. The van der Waals surface area contributed by atoms with Crippen molar-refractivity contribution in [2.24, 2.45) is 5.92 Å². The largest absolute Gasteiger partial charge is 0.293 e. The number of thiophene rings is 1. The Morgan fingerprint density at radius 2 is 1.94 bits per heavy atom. The Balaban J connectivity index is 1.59. The minimum absolute atomic E-state index is 0.00996. The summed E-state index contributed by atoms with van der Waals surface area (Å²) < 4.78 is 2.61. The maximum atomic E-state index is 13.8. The van der Waals surface area contributed by atoms with E-state index in [4.69, 9.17) is 4.98 Å². The molecule has 4 nitrogen and oxygen atoms in total. The number of carbonyl (C=O) groups is 1. The molecule has 1 aliphatic carbocycles. The number of halogens is 1. The number of aryl methyl sites for hydroxylation is 1. The van der Waals surface area contributed by atoms with E-state index in [0.717, 1.165) is 39.6 Å². The summed E-state index contributed by atoms with van der Waals surface area (Å²) in [5.74, 6) is 0.798. The quantitative estimate of drug-likeness (QED) is 0.174. The van der Waals surface area contributed by atoms with Crippen molar-refractivity contribution in [2.75, 3.05) is 5.75 Å². The molecule has 0 aliphatic heterocycles. The molecule has 0 unspecified atom stereocenters. The van der Waals surface area contributed by atoms with Crippen LogP contribution in [-0.2, 0) is 12.8 Å². The van der Waals surface area contributed by atoms with Crippen molar-refractivity contribution in [3.8, 4) is 5.69 Å². The molecule has 32 heavy (non-hydrogen) atoms. The first-order chi connectivity index (χ1) is 15.5. The lowest BCUT2D eigenvalue weighted by Crippen LogP contribution is -2.23. The molecule has 7 heteroatoms. The van der Waals surface area contributed by atoms with Crippen LogP contribution >= 0.6 is 39.0 Å². The summed E-state index contributed by atoms with van der Waals surface area (Å²) in [5.41, 5.74) is 2.56. The fraction of sp³-hybridized carbons (Fsp3) is 0.240. The summed E-state index contributed by atoms with van der Waals surface area (Å²) >= 11 is 6.36. The van der Waals surface area contributed by atoms with Gasteiger partial charge in [0.15, 0.2) is 10.9 Å². The third-order valence-corrected chi connectivity index (χ3v) is 8.46. The summed E-state index contributed by atoms with van der Waals surface area (Å²) in [5, 5.41) is 1.31. The Bertz CT molecular complexity index is 1360. The molecular formula is C25H21BrN2O2S2. The molecule has 0 saturated heterocycles. The van der Waals surface area contributed by atoms with Crippen LogP contribution in [0.2, 0.25) is 0 Å². The summed E-state index contributed by atoms with van der Waals surface area (Å²) in [6.07, 6.45) is 3.08. The molecule has 0 saturated carbocycles. The number of thioether (sulfide) groups is 1. The van der Waals surface area contributed by atoms with Gasteiger partial charge in [0.2, 0.25) is 0 Å². The molecule has 162 valence electrons. The maximum Gasteiger partial charge on any atom is 0.267 e. The van der Waals surface area contributed by atoms with E-state index in [2.05, 4.69) is 22.9 Å². The Morgan fingerprint density at radius 3 is 2.69 bits per heavy atom. The van der Waals surface area contributed by atoms with Crippen molar-refractivity contribution in [3.63, 3.8) is 0 Å². The molecule has 4 aromatic rings. The van der Waals surface area contributed by atoms with Gasteiger partial charge in [-0.3, -0.25) is 14.2 Å². The average Bonchev–Trinajstić information content (AvgIpc) is 3.16. The molecule has 2 aromatic carbocycles. The van der Waals surface area contributed by atoms with Gasteiger partial charge in [0.05, 0.1) is 16.8 Å². The zero-order chi connectivity index (χ0) is 22.2. The second-order valence-corrected chi connectivity index (χ2v) is 11.1. The lowest BCUT2D eigenvalue weighted by Gasteiger charge is -2.18. The Morgan fingerprint density at radius 1 is 1.19 bits per heavy atom. The second kappa shape index (κ2) is 8.96. The minimum atomic E-state index is -0.0357. The van der Waals surface area contributed by atoms with Gasteiger partial charge in [0, 0.05) is 14.9 Å². The molecule has 2 aromatic heterocycles. The predicted molar refractivity (Wildman–Crippen MR) is 136 cm³/mol. The van der Waals surface area contributed by atoms with Crippen LogP contribution in [0.3, 0.4) is 0 Å². The lowest BCUT2D eigenvalue weighted by atomic mass is 9.89. The van der Waals surface area contributed by atoms with E-state index in [9.17, 15) is 9.59 Å². The number of hydrogen-bond donors (Lipinski definition) is 0. The first kappa shape index (κ1) is 21.6. The van der Waals surface area contributed by atoms with E-state index in [1.807, 2.05) is 54.6 Å². The van der Waals surface area contributed by atoms with Gasteiger partial charge in [-0.1, -0.05) is 64.9 Å². The molecule has 0 amide bonds. The highest BCUT2D eigenvalue weighted by molar-refractivity contribution is 9.10. The van der Waals surface area contributed by atoms with Gasteiger partial charge in [-0.15, -0.1) is 11.3 Å². The predicted octanol–water partition coefficient (Wildman–Crippen LogP) is 6.31. The Labute approximate surface area is 202 Å². The number of fused-ring (bicyclic) bond motifs is 3. The minimum Gasteiger partial charge on any atom is -0.293 e. The van der Waals surface area contributed by atoms with Crippen LogP contribution in [0.4, 0.5) is 0 Å². The summed E-state index contributed by atoms with van der Waals surface area (Å²) in [6.45, 7) is 2.24. The Kier molecular flexibility index (Phi) is 6.05. The number of benzene rings is 2. The van der Waals surface area contributed by atoms with Crippen LogP contribution in [0.15, 0.2) is 69.0 Å². The maximum absolute atomic E-state index is 13.8. The van der Waals surface area contributed by atoms with E-state index < -0.39 is 0 Å². The zero-order valence-corrected chi connectivity index (χ0v) is 20.7. The number of aromatic nitrogens is 2. The molecule has 1 aliphatic rings. The van der Waals surface area contributed by atoms with Crippen LogP contribution in [0.25, 0.3) is 15.9 Å². The van der Waals surface area contributed by atoms with Crippen LogP contribution in [0.5, 0.6) is 0 Å². The van der Waals surface area contributed by atoms with Gasteiger partial charge in [0.1, 0.15) is 4.83 Å². The Hall–Kier alpha value is -2.22. The van der Waals surface area contributed by atoms with Crippen molar-refractivity contribution in [1.29, 1.82) is 0 Å². The molecule has 0 N–H and O–H groups in total. The van der Waals surface area contributed by atoms with E-state index in [0.29, 0.717) is 16.6 Å². The number of Topliss-reactive ketones (excluding diaryl/α,β-unsaturated/α-hetero) is 1. The smallest absolute Gasteiger partial charge is 0.267 e. The molecule has 0 bridgehead atoms. The van der Waals surface area contributed by atoms with E-state index in [-0.39, 0.29) is 17.1 Å². The van der Waals surface area contributed by atoms with Crippen LogP contribution in [-0.4, -0.2) is 21.1 Å². The average molecular weight is 525 g/mol. The van der Waals surface area contributed by atoms with Crippen molar-refractivity contribution in [2.45, 2.75) is 31.3 Å². The highest BCUT2D eigenvalue weighted by Crippen LogP contribution is 2.37. The summed E-state index contributed by atoms with van der Waals surface area (Å²) in [7, 11) is 0. The van der Waals surface area contributed by atoms with E-state index in [1.54, 1.807) is 15.9 Å². The molecule has 2 heterocycles. The first-order valence-electron chi connectivity index (χ1n) is 10.6. The van der Waals surface area contributed by atoms with Crippen LogP contribution in [0.1, 0.15) is 34.1 Å². The number of hydrogen-bond acceptors (Lipinski definition) is 5. The van der Waals surface area contributed by atoms with Gasteiger partial charge in [0.25, 0.3) is 5.56 Å². The van der Waals surface area contributed by atoms with Gasteiger partial charge in [-0.05, 0) is 55.0 Å². The monoisotopic (exact) mass is 524 g/mol. The number of para-hydroxylation sites is 1. The first-order valence-corrected chi connectivity index (χ1v) is 13.1. The van der Waals surface area contributed by atoms with Crippen molar-refractivity contribution < 1.29 is 4.79 Å². The number of nitrogens with zero attached hydrogens (tertiary/aromatic N) is 2. The fourth-order valence-electron chi connectivity index (χ4n) is 4.13. The van der Waals surface area contributed by atoms with E-state index >= 15 is 0 Å². The highest BCUT2D eigenvalue weighted by atomic mass is 79.9. The van der Waals surface area contributed by atoms with Crippen molar-refractivity contribution >= 4 is 55.0 Å². The molecule has 0 radical (unpaired) electrons. The van der Waals surface area contributed by atoms with Gasteiger partial charge >= 0.3 is 0 Å².